The Kier molecular flexibility index (Phi) is 3.60. The Balaban J connectivity index is 1.97. The summed E-state index contributed by atoms with van der Waals surface area (Å²) in [4.78, 5) is 11.0. The Morgan fingerprint density at radius 2 is 1.82 bits per heavy atom. The molecule has 0 spiro atoms. The van der Waals surface area contributed by atoms with Crippen LogP contribution in [0.5, 0.6) is 5.75 Å². The molecule has 0 radical (unpaired) electrons. The minimum Gasteiger partial charge on any atom is -0.494 e. The Hall–Kier alpha value is -2.03. The van der Waals surface area contributed by atoms with Crippen molar-refractivity contribution in [2.45, 2.75) is 13.0 Å². The predicted octanol–water partition coefficient (Wildman–Crippen LogP) is 2.56. The molecule has 88 valence electrons. The quantitative estimate of drug-likeness (QED) is 0.862. The maximum atomic E-state index is 11.0. The SMILES string of the molecule is CCOc1ccc(NC2C=CC(=O)C=C2)cc1. The number of nitrogens with one attached hydrogen (secondary N) is 1. The van der Waals surface area contributed by atoms with Gasteiger partial charge in [-0.25, -0.2) is 0 Å². The highest BCUT2D eigenvalue weighted by atomic mass is 16.5. The summed E-state index contributed by atoms with van der Waals surface area (Å²) in [7, 11) is 0. The summed E-state index contributed by atoms with van der Waals surface area (Å²) in [6.07, 6.45) is 6.84. The van der Waals surface area contributed by atoms with E-state index in [9.17, 15) is 4.79 Å². The third kappa shape index (κ3) is 3.21. The van der Waals surface area contributed by atoms with Crippen LogP contribution in [0.4, 0.5) is 5.69 Å². The van der Waals surface area contributed by atoms with Crippen LogP contribution in [0.2, 0.25) is 0 Å². The molecule has 0 atom stereocenters. The van der Waals surface area contributed by atoms with Gasteiger partial charge in [-0.1, -0.05) is 12.2 Å². The zero-order valence-corrected chi connectivity index (χ0v) is 9.72. The molecule has 0 saturated heterocycles. The summed E-state index contributed by atoms with van der Waals surface area (Å²) in [5.74, 6) is 0.901. The number of hydrogen-bond acceptors (Lipinski definition) is 3. The van der Waals surface area contributed by atoms with Crippen molar-refractivity contribution < 1.29 is 9.53 Å². The van der Waals surface area contributed by atoms with E-state index in [2.05, 4.69) is 5.32 Å². The molecule has 0 amide bonds. The number of carbonyl (C=O) groups is 1. The van der Waals surface area contributed by atoms with E-state index >= 15 is 0 Å². The van der Waals surface area contributed by atoms with Crippen molar-refractivity contribution in [1.82, 2.24) is 0 Å². The van der Waals surface area contributed by atoms with E-state index in [1.165, 1.54) is 0 Å². The van der Waals surface area contributed by atoms with Crippen molar-refractivity contribution in [2.75, 3.05) is 11.9 Å². The lowest BCUT2D eigenvalue weighted by Gasteiger charge is -2.14. The summed E-state index contributed by atoms with van der Waals surface area (Å²) in [6, 6.07) is 7.85. The summed E-state index contributed by atoms with van der Waals surface area (Å²) in [5.41, 5.74) is 1.00. The normalized spacial score (nSPS) is 15.0. The topological polar surface area (TPSA) is 38.3 Å². The number of anilines is 1. The van der Waals surface area contributed by atoms with Crippen LogP contribution in [0.25, 0.3) is 0 Å². The van der Waals surface area contributed by atoms with Gasteiger partial charge < -0.3 is 10.1 Å². The third-order valence-electron chi connectivity index (χ3n) is 2.43. The summed E-state index contributed by atoms with van der Waals surface area (Å²) in [5, 5.41) is 3.29. The van der Waals surface area contributed by atoms with Crippen LogP contribution >= 0.6 is 0 Å². The van der Waals surface area contributed by atoms with E-state index in [4.69, 9.17) is 4.74 Å². The van der Waals surface area contributed by atoms with Crippen LogP contribution in [0.1, 0.15) is 6.92 Å². The van der Waals surface area contributed by atoms with Crippen LogP contribution in [0.3, 0.4) is 0 Å². The second-order valence-electron chi connectivity index (χ2n) is 3.75. The first-order chi connectivity index (χ1) is 8.28. The standard InChI is InChI=1S/C14H15NO2/c1-2-17-14-9-5-12(6-10-14)15-11-3-7-13(16)8-4-11/h3-11,15H,2H2,1H3. The number of hydrogen-bond donors (Lipinski definition) is 1. The van der Waals surface area contributed by atoms with Gasteiger partial charge in [0.25, 0.3) is 0 Å². The molecular formula is C14H15NO2. The molecule has 1 N–H and O–H groups in total. The van der Waals surface area contributed by atoms with E-state index in [0.717, 1.165) is 11.4 Å². The van der Waals surface area contributed by atoms with Gasteiger partial charge in [-0.2, -0.15) is 0 Å². The Morgan fingerprint density at radius 3 is 2.41 bits per heavy atom. The molecule has 0 bridgehead atoms. The molecule has 0 saturated carbocycles. The van der Waals surface area contributed by atoms with E-state index in [1.54, 1.807) is 12.2 Å². The maximum absolute atomic E-state index is 11.0. The highest BCUT2D eigenvalue weighted by Gasteiger charge is 2.05. The van der Waals surface area contributed by atoms with Gasteiger partial charge in [0.1, 0.15) is 5.75 Å². The molecule has 0 fully saturated rings. The highest BCUT2D eigenvalue weighted by molar-refractivity contribution is 6.00. The number of rotatable bonds is 4. The molecule has 1 aliphatic rings. The van der Waals surface area contributed by atoms with Gasteiger partial charge in [0, 0.05) is 5.69 Å². The van der Waals surface area contributed by atoms with Gasteiger partial charge in [0.15, 0.2) is 5.78 Å². The second kappa shape index (κ2) is 5.34. The molecule has 0 heterocycles. The van der Waals surface area contributed by atoms with Crippen molar-refractivity contribution in [3.63, 3.8) is 0 Å². The van der Waals surface area contributed by atoms with Crippen LogP contribution in [-0.2, 0) is 4.79 Å². The largest absolute Gasteiger partial charge is 0.494 e. The molecule has 2 rings (SSSR count). The van der Waals surface area contributed by atoms with Gasteiger partial charge in [-0.15, -0.1) is 0 Å². The molecule has 1 aromatic carbocycles. The zero-order chi connectivity index (χ0) is 12.1. The first kappa shape index (κ1) is 11.5. The molecule has 1 aromatic rings. The molecule has 0 aromatic heterocycles. The minimum absolute atomic E-state index is 0.0368. The number of ether oxygens (including phenoxy) is 1. The molecule has 0 aliphatic heterocycles. The summed E-state index contributed by atoms with van der Waals surface area (Å²) in [6.45, 7) is 2.63. The molecule has 0 unspecified atom stereocenters. The van der Waals surface area contributed by atoms with E-state index in [0.29, 0.717) is 6.61 Å². The molecule has 17 heavy (non-hydrogen) atoms. The van der Waals surface area contributed by atoms with Crippen molar-refractivity contribution in [2.24, 2.45) is 0 Å². The van der Waals surface area contributed by atoms with Crippen LogP contribution in [0.15, 0.2) is 48.6 Å². The maximum Gasteiger partial charge on any atom is 0.178 e. The lowest BCUT2D eigenvalue weighted by Crippen LogP contribution is -2.16. The average Bonchev–Trinajstić information content (AvgIpc) is 2.35. The first-order valence-electron chi connectivity index (χ1n) is 5.67. The average molecular weight is 229 g/mol. The van der Waals surface area contributed by atoms with E-state index < -0.39 is 0 Å². The Bertz CT molecular complexity index is 430. The van der Waals surface area contributed by atoms with Gasteiger partial charge in [-0.3, -0.25) is 4.79 Å². The van der Waals surface area contributed by atoms with Gasteiger partial charge in [0.2, 0.25) is 0 Å². The summed E-state index contributed by atoms with van der Waals surface area (Å²) < 4.78 is 5.36. The number of carbonyl (C=O) groups excluding carboxylic acids is 1. The predicted molar refractivity (Wildman–Crippen MR) is 68.3 cm³/mol. The molecule has 3 heteroatoms. The van der Waals surface area contributed by atoms with Crippen molar-refractivity contribution >= 4 is 11.5 Å². The van der Waals surface area contributed by atoms with Crippen molar-refractivity contribution in [3.05, 3.63) is 48.6 Å². The number of benzene rings is 1. The number of allylic oxidation sites excluding steroid dienone is 2. The van der Waals surface area contributed by atoms with Crippen LogP contribution in [0, 0.1) is 0 Å². The van der Waals surface area contributed by atoms with E-state index in [-0.39, 0.29) is 11.8 Å². The molecule has 1 aliphatic carbocycles. The van der Waals surface area contributed by atoms with Gasteiger partial charge in [-0.05, 0) is 43.3 Å². The Labute approximate surface area is 101 Å². The zero-order valence-electron chi connectivity index (χ0n) is 9.72. The fraction of sp³-hybridized carbons (Fsp3) is 0.214. The van der Waals surface area contributed by atoms with Gasteiger partial charge >= 0.3 is 0 Å². The Morgan fingerprint density at radius 1 is 1.18 bits per heavy atom. The second-order valence-corrected chi connectivity index (χ2v) is 3.75. The molecule has 3 nitrogen and oxygen atoms in total. The highest BCUT2D eigenvalue weighted by Crippen LogP contribution is 2.17. The lowest BCUT2D eigenvalue weighted by molar-refractivity contribution is -0.110. The molecular weight excluding hydrogens is 214 g/mol. The van der Waals surface area contributed by atoms with Crippen LogP contribution < -0.4 is 10.1 Å². The fourth-order valence-corrected chi connectivity index (χ4v) is 1.62. The minimum atomic E-state index is 0.0368. The van der Waals surface area contributed by atoms with Crippen molar-refractivity contribution in [3.8, 4) is 5.75 Å². The third-order valence-corrected chi connectivity index (χ3v) is 2.43. The summed E-state index contributed by atoms with van der Waals surface area (Å²) >= 11 is 0. The lowest BCUT2D eigenvalue weighted by atomic mass is 10.1. The van der Waals surface area contributed by atoms with Crippen LogP contribution in [-0.4, -0.2) is 18.4 Å². The van der Waals surface area contributed by atoms with E-state index in [1.807, 2.05) is 43.3 Å². The number of ketones is 1. The fourth-order valence-electron chi connectivity index (χ4n) is 1.62. The first-order valence-corrected chi connectivity index (χ1v) is 5.67. The smallest absolute Gasteiger partial charge is 0.178 e. The van der Waals surface area contributed by atoms with Gasteiger partial charge in [0.05, 0.1) is 12.6 Å². The van der Waals surface area contributed by atoms with Crippen molar-refractivity contribution in [1.29, 1.82) is 0 Å². The monoisotopic (exact) mass is 229 g/mol.